The summed E-state index contributed by atoms with van der Waals surface area (Å²) < 4.78 is 0. The summed E-state index contributed by atoms with van der Waals surface area (Å²) in [6.07, 6.45) is 1.78. The normalized spacial score (nSPS) is 11.6. The molecule has 15 heavy (non-hydrogen) atoms. The van der Waals surface area contributed by atoms with Crippen LogP contribution in [0, 0.1) is 0 Å². The van der Waals surface area contributed by atoms with E-state index in [1.807, 2.05) is 51.1 Å². The minimum Gasteiger partial charge on any atom is -0.388 e. The summed E-state index contributed by atoms with van der Waals surface area (Å²) in [5.41, 5.74) is 1.46. The Morgan fingerprint density at radius 1 is 1.27 bits per heavy atom. The lowest BCUT2D eigenvalue weighted by molar-refractivity contribution is 0.103. The fourth-order valence-electron chi connectivity index (χ4n) is 1.17. The molecular weight excluding hydrogens is 186 g/mol. The molecule has 0 unspecified atom stereocenters. The van der Waals surface area contributed by atoms with Crippen molar-refractivity contribution in [2.45, 2.75) is 26.8 Å². The fraction of sp³-hybridized carbons (Fsp3) is 0.308. The van der Waals surface area contributed by atoms with Gasteiger partial charge in [0.1, 0.15) is 0 Å². The molecule has 0 aliphatic heterocycles. The Morgan fingerprint density at radius 3 is 2.40 bits per heavy atom. The zero-order chi connectivity index (χ0) is 11.3. The number of hydrogen-bond donors (Lipinski definition) is 1. The van der Waals surface area contributed by atoms with Crippen molar-refractivity contribution in [1.82, 2.24) is 5.32 Å². The van der Waals surface area contributed by atoms with Crippen LogP contribution in [-0.4, -0.2) is 11.8 Å². The Kier molecular flexibility index (Phi) is 4.10. The average molecular weight is 203 g/mol. The molecule has 0 saturated heterocycles. The van der Waals surface area contributed by atoms with Crippen molar-refractivity contribution in [2.24, 2.45) is 0 Å². The van der Waals surface area contributed by atoms with Gasteiger partial charge in [0, 0.05) is 23.4 Å². The Labute approximate surface area is 91.0 Å². The van der Waals surface area contributed by atoms with E-state index in [4.69, 9.17) is 0 Å². The molecule has 0 aliphatic carbocycles. The van der Waals surface area contributed by atoms with Crippen molar-refractivity contribution in [3.63, 3.8) is 0 Å². The number of carbonyl (C=O) groups excluding carboxylic acids is 1. The van der Waals surface area contributed by atoms with Gasteiger partial charge in [-0.25, -0.2) is 0 Å². The number of Topliss-reactive ketones (excluding diaryl/α,β-unsaturated/α-hetero) is 1. The molecule has 0 radical (unpaired) electrons. The third kappa shape index (κ3) is 3.58. The highest BCUT2D eigenvalue weighted by Gasteiger charge is 2.06. The lowest BCUT2D eigenvalue weighted by atomic mass is 10.1. The second kappa shape index (κ2) is 5.35. The van der Waals surface area contributed by atoms with Gasteiger partial charge in [-0.15, -0.1) is 0 Å². The van der Waals surface area contributed by atoms with Crippen molar-refractivity contribution in [3.05, 3.63) is 47.7 Å². The van der Waals surface area contributed by atoms with Crippen LogP contribution < -0.4 is 5.32 Å². The van der Waals surface area contributed by atoms with Crippen LogP contribution in [0.4, 0.5) is 0 Å². The van der Waals surface area contributed by atoms with Gasteiger partial charge in [-0.3, -0.25) is 4.79 Å². The SMILES string of the molecule is C/C(=C/NC(C)C)C(=O)c1ccccc1. The highest BCUT2D eigenvalue weighted by atomic mass is 16.1. The lowest BCUT2D eigenvalue weighted by Crippen LogP contribution is -2.17. The van der Waals surface area contributed by atoms with E-state index >= 15 is 0 Å². The predicted molar refractivity (Wildman–Crippen MR) is 62.8 cm³/mol. The fourth-order valence-corrected chi connectivity index (χ4v) is 1.17. The summed E-state index contributed by atoms with van der Waals surface area (Å²) in [6.45, 7) is 5.90. The van der Waals surface area contributed by atoms with Crippen LogP contribution in [0.3, 0.4) is 0 Å². The topological polar surface area (TPSA) is 29.1 Å². The van der Waals surface area contributed by atoms with Crippen LogP contribution in [0.1, 0.15) is 31.1 Å². The summed E-state index contributed by atoms with van der Waals surface area (Å²) in [5, 5.41) is 3.11. The third-order valence-electron chi connectivity index (χ3n) is 2.03. The number of ketones is 1. The smallest absolute Gasteiger partial charge is 0.190 e. The van der Waals surface area contributed by atoms with E-state index in [0.717, 1.165) is 11.1 Å². The molecule has 1 rings (SSSR count). The summed E-state index contributed by atoms with van der Waals surface area (Å²) in [5.74, 6) is 0.0729. The van der Waals surface area contributed by atoms with Gasteiger partial charge >= 0.3 is 0 Å². The number of carbonyl (C=O) groups is 1. The maximum atomic E-state index is 11.8. The molecule has 0 heterocycles. The summed E-state index contributed by atoms with van der Waals surface area (Å²) >= 11 is 0. The van der Waals surface area contributed by atoms with E-state index in [-0.39, 0.29) is 5.78 Å². The number of benzene rings is 1. The van der Waals surface area contributed by atoms with Gasteiger partial charge in [-0.2, -0.15) is 0 Å². The first kappa shape index (κ1) is 11.5. The molecule has 0 saturated carbocycles. The Bertz CT molecular complexity index is 352. The average Bonchev–Trinajstić information content (AvgIpc) is 2.26. The Hall–Kier alpha value is -1.57. The molecular formula is C13H17NO. The van der Waals surface area contributed by atoms with Crippen molar-refractivity contribution >= 4 is 5.78 Å². The minimum absolute atomic E-state index is 0.0729. The zero-order valence-electron chi connectivity index (χ0n) is 9.45. The van der Waals surface area contributed by atoms with E-state index in [1.54, 1.807) is 6.20 Å². The maximum absolute atomic E-state index is 11.8. The second-order valence-electron chi connectivity index (χ2n) is 3.84. The third-order valence-corrected chi connectivity index (χ3v) is 2.03. The van der Waals surface area contributed by atoms with Crippen molar-refractivity contribution < 1.29 is 4.79 Å². The molecule has 1 aromatic carbocycles. The minimum atomic E-state index is 0.0729. The molecule has 0 aromatic heterocycles. The molecule has 0 bridgehead atoms. The van der Waals surface area contributed by atoms with E-state index in [9.17, 15) is 4.79 Å². The first-order valence-corrected chi connectivity index (χ1v) is 5.14. The quantitative estimate of drug-likeness (QED) is 0.602. The van der Waals surface area contributed by atoms with Crippen molar-refractivity contribution in [3.8, 4) is 0 Å². The number of hydrogen-bond acceptors (Lipinski definition) is 2. The lowest BCUT2D eigenvalue weighted by Gasteiger charge is -2.06. The molecule has 0 aliphatic rings. The summed E-state index contributed by atoms with van der Waals surface area (Å²) in [7, 11) is 0. The van der Waals surface area contributed by atoms with Gasteiger partial charge in [0.05, 0.1) is 0 Å². The molecule has 0 amide bonds. The maximum Gasteiger partial charge on any atom is 0.190 e. The molecule has 0 fully saturated rings. The molecule has 0 spiro atoms. The van der Waals surface area contributed by atoms with Crippen LogP contribution in [0.2, 0.25) is 0 Å². The first-order valence-electron chi connectivity index (χ1n) is 5.14. The van der Waals surface area contributed by atoms with Gasteiger partial charge in [0.15, 0.2) is 5.78 Å². The van der Waals surface area contributed by atoms with Crippen molar-refractivity contribution in [2.75, 3.05) is 0 Å². The van der Waals surface area contributed by atoms with E-state index in [2.05, 4.69) is 5.32 Å². The Balaban J connectivity index is 2.73. The van der Waals surface area contributed by atoms with Crippen LogP contribution >= 0.6 is 0 Å². The summed E-state index contributed by atoms with van der Waals surface area (Å²) in [6, 6.07) is 9.66. The second-order valence-corrected chi connectivity index (χ2v) is 3.84. The largest absolute Gasteiger partial charge is 0.388 e. The zero-order valence-corrected chi connectivity index (χ0v) is 9.45. The first-order chi connectivity index (χ1) is 7.11. The van der Waals surface area contributed by atoms with Crippen LogP contribution in [0.15, 0.2) is 42.1 Å². The van der Waals surface area contributed by atoms with Gasteiger partial charge < -0.3 is 5.32 Å². The summed E-state index contributed by atoms with van der Waals surface area (Å²) in [4.78, 5) is 11.8. The molecule has 1 aromatic rings. The van der Waals surface area contributed by atoms with Crippen LogP contribution in [0.25, 0.3) is 0 Å². The highest BCUT2D eigenvalue weighted by molar-refractivity contribution is 6.08. The van der Waals surface area contributed by atoms with Gasteiger partial charge in [0.25, 0.3) is 0 Å². The monoisotopic (exact) mass is 203 g/mol. The number of nitrogens with one attached hydrogen (secondary N) is 1. The number of rotatable bonds is 4. The standard InChI is InChI=1S/C13H17NO/c1-10(2)14-9-11(3)13(15)12-7-5-4-6-8-12/h4-10,14H,1-3H3/b11-9-. The molecule has 0 atom stereocenters. The Morgan fingerprint density at radius 2 is 1.87 bits per heavy atom. The van der Waals surface area contributed by atoms with Crippen molar-refractivity contribution in [1.29, 1.82) is 0 Å². The highest BCUT2D eigenvalue weighted by Crippen LogP contribution is 2.06. The van der Waals surface area contributed by atoms with E-state index in [1.165, 1.54) is 0 Å². The van der Waals surface area contributed by atoms with E-state index < -0.39 is 0 Å². The number of allylic oxidation sites excluding steroid dienone is 1. The van der Waals surface area contributed by atoms with Gasteiger partial charge in [0.2, 0.25) is 0 Å². The molecule has 2 nitrogen and oxygen atoms in total. The van der Waals surface area contributed by atoms with Crippen LogP contribution in [0.5, 0.6) is 0 Å². The van der Waals surface area contributed by atoms with Gasteiger partial charge in [-0.1, -0.05) is 30.3 Å². The molecule has 2 heteroatoms. The van der Waals surface area contributed by atoms with Gasteiger partial charge in [-0.05, 0) is 20.8 Å². The van der Waals surface area contributed by atoms with Crippen LogP contribution in [-0.2, 0) is 0 Å². The molecule has 80 valence electrons. The predicted octanol–water partition coefficient (Wildman–Crippen LogP) is 2.77. The molecule has 1 N–H and O–H groups in total. The van der Waals surface area contributed by atoms with E-state index in [0.29, 0.717) is 6.04 Å².